The molecule has 5 heteroatoms. The normalized spacial score (nSPS) is 19.2. The molecule has 1 aliphatic rings. The molecule has 2 N–H and O–H groups in total. The lowest BCUT2D eigenvalue weighted by Crippen LogP contribution is -2.35. The minimum Gasteiger partial charge on any atom is -0.444 e. The molecule has 2 rings (SSSR count). The molecule has 1 amide bonds. The third kappa shape index (κ3) is 3.40. The third-order valence-corrected chi connectivity index (χ3v) is 3.33. The second-order valence-electron chi connectivity index (χ2n) is 6.19. The van der Waals surface area contributed by atoms with Crippen molar-refractivity contribution in [3.8, 4) is 0 Å². The van der Waals surface area contributed by atoms with E-state index in [2.05, 4.69) is 0 Å². The van der Waals surface area contributed by atoms with E-state index < -0.39 is 11.4 Å². The van der Waals surface area contributed by atoms with Crippen molar-refractivity contribution in [3.05, 3.63) is 29.6 Å². The Morgan fingerprint density at radius 3 is 2.75 bits per heavy atom. The number of carbonyl (C=O) groups excluding carboxylic acids is 1. The van der Waals surface area contributed by atoms with Gasteiger partial charge in [0.1, 0.15) is 11.4 Å². The average molecular weight is 280 g/mol. The minimum absolute atomic E-state index is 0.151. The molecule has 1 unspecified atom stereocenters. The van der Waals surface area contributed by atoms with Crippen LogP contribution >= 0.6 is 0 Å². The second kappa shape index (κ2) is 5.31. The molecule has 0 radical (unpaired) electrons. The molecule has 1 saturated heterocycles. The average Bonchev–Trinajstić information content (AvgIpc) is 2.80. The Labute approximate surface area is 118 Å². The van der Waals surface area contributed by atoms with Crippen LogP contribution in [0.25, 0.3) is 0 Å². The molecular weight excluding hydrogens is 259 g/mol. The van der Waals surface area contributed by atoms with Crippen LogP contribution in [0.2, 0.25) is 0 Å². The zero-order valence-corrected chi connectivity index (χ0v) is 12.1. The number of ether oxygens (including phenoxy) is 1. The Hall–Kier alpha value is -1.78. The highest BCUT2D eigenvalue weighted by Gasteiger charge is 2.30. The number of benzene rings is 1. The molecule has 20 heavy (non-hydrogen) atoms. The number of amides is 1. The molecular formula is C15H21FN2O2. The molecule has 0 bridgehead atoms. The Balaban J connectivity index is 2.01. The summed E-state index contributed by atoms with van der Waals surface area (Å²) in [7, 11) is 0. The van der Waals surface area contributed by atoms with Gasteiger partial charge in [-0.15, -0.1) is 0 Å². The zero-order chi connectivity index (χ0) is 14.9. The summed E-state index contributed by atoms with van der Waals surface area (Å²) in [6.07, 6.45) is 0.541. The van der Waals surface area contributed by atoms with E-state index in [9.17, 15) is 9.18 Å². The number of carbonyl (C=O) groups is 1. The predicted octanol–water partition coefficient (Wildman–Crippen LogP) is 3.13. The van der Waals surface area contributed by atoms with Crippen LogP contribution in [0.15, 0.2) is 18.2 Å². The molecule has 0 spiro atoms. The summed E-state index contributed by atoms with van der Waals surface area (Å²) in [5, 5.41) is 0. The molecule has 1 fully saturated rings. The van der Waals surface area contributed by atoms with Gasteiger partial charge in [0.2, 0.25) is 0 Å². The van der Waals surface area contributed by atoms with Crippen molar-refractivity contribution < 1.29 is 13.9 Å². The Kier molecular flexibility index (Phi) is 3.88. The number of hydrogen-bond donors (Lipinski definition) is 1. The molecule has 0 aromatic heterocycles. The van der Waals surface area contributed by atoms with E-state index >= 15 is 0 Å². The lowest BCUT2D eigenvalue weighted by Gasteiger charge is -2.24. The van der Waals surface area contributed by atoms with Crippen molar-refractivity contribution in [3.63, 3.8) is 0 Å². The standard InChI is InChI=1S/C15H21FN2O2/c1-15(2,3)20-14(19)18-7-6-11(9-18)10-4-5-12(16)13(17)8-10/h4-5,8,11H,6-7,9,17H2,1-3H3. The van der Waals surface area contributed by atoms with Crippen LogP contribution < -0.4 is 5.73 Å². The lowest BCUT2D eigenvalue weighted by molar-refractivity contribution is 0.0292. The summed E-state index contributed by atoms with van der Waals surface area (Å²) in [5.41, 5.74) is 6.21. The minimum atomic E-state index is -0.491. The summed E-state index contributed by atoms with van der Waals surface area (Å²) in [5.74, 6) is -0.221. The number of anilines is 1. The zero-order valence-electron chi connectivity index (χ0n) is 12.1. The molecule has 1 aromatic rings. The van der Waals surface area contributed by atoms with Gasteiger partial charge >= 0.3 is 6.09 Å². The van der Waals surface area contributed by atoms with Crippen LogP contribution in [0.4, 0.5) is 14.9 Å². The molecule has 110 valence electrons. The summed E-state index contributed by atoms with van der Waals surface area (Å²) in [6.45, 7) is 6.77. The number of hydrogen-bond acceptors (Lipinski definition) is 3. The second-order valence-corrected chi connectivity index (χ2v) is 6.19. The highest BCUT2D eigenvalue weighted by molar-refractivity contribution is 5.68. The van der Waals surface area contributed by atoms with Crippen LogP contribution in [0.3, 0.4) is 0 Å². The van der Waals surface area contributed by atoms with Crippen molar-refractivity contribution in [1.82, 2.24) is 4.90 Å². The molecule has 1 atom stereocenters. The van der Waals surface area contributed by atoms with Gasteiger partial charge < -0.3 is 15.4 Å². The number of rotatable bonds is 1. The topological polar surface area (TPSA) is 55.6 Å². The maximum absolute atomic E-state index is 13.2. The summed E-state index contributed by atoms with van der Waals surface area (Å²) in [4.78, 5) is 13.7. The fraction of sp³-hybridized carbons (Fsp3) is 0.533. The van der Waals surface area contributed by atoms with E-state index in [1.807, 2.05) is 20.8 Å². The molecule has 1 aliphatic heterocycles. The Bertz CT molecular complexity index is 511. The molecule has 0 saturated carbocycles. The summed E-state index contributed by atoms with van der Waals surface area (Å²) >= 11 is 0. The Morgan fingerprint density at radius 2 is 2.15 bits per heavy atom. The van der Waals surface area contributed by atoms with Crippen LogP contribution in [0.1, 0.15) is 38.7 Å². The van der Waals surface area contributed by atoms with E-state index in [-0.39, 0.29) is 17.7 Å². The van der Waals surface area contributed by atoms with Crippen LogP contribution in [-0.4, -0.2) is 29.7 Å². The fourth-order valence-corrected chi connectivity index (χ4v) is 2.34. The molecule has 1 heterocycles. The van der Waals surface area contributed by atoms with Gasteiger partial charge in [-0.05, 0) is 44.9 Å². The predicted molar refractivity (Wildman–Crippen MR) is 76.0 cm³/mol. The van der Waals surface area contributed by atoms with E-state index in [0.717, 1.165) is 12.0 Å². The van der Waals surface area contributed by atoms with Gasteiger partial charge in [0.25, 0.3) is 0 Å². The highest BCUT2D eigenvalue weighted by Crippen LogP contribution is 2.29. The number of likely N-dealkylation sites (tertiary alicyclic amines) is 1. The number of halogens is 1. The van der Waals surface area contributed by atoms with Gasteiger partial charge in [0.15, 0.2) is 0 Å². The van der Waals surface area contributed by atoms with Crippen molar-refractivity contribution in [2.75, 3.05) is 18.8 Å². The van der Waals surface area contributed by atoms with Gasteiger partial charge in [-0.25, -0.2) is 9.18 Å². The maximum Gasteiger partial charge on any atom is 0.410 e. The number of nitrogen functional groups attached to an aromatic ring is 1. The van der Waals surface area contributed by atoms with E-state index in [1.165, 1.54) is 6.07 Å². The van der Waals surface area contributed by atoms with Crippen LogP contribution in [0.5, 0.6) is 0 Å². The van der Waals surface area contributed by atoms with Crippen LogP contribution in [0, 0.1) is 5.82 Å². The fourth-order valence-electron chi connectivity index (χ4n) is 2.34. The summed E-state index contributed by atoms with van der Waals surface area (Å²) in [6, 6.07) is 4.76. The van der Waals surface area contributed by atoms with Crippen molar-refractivity contribution in [2.45, 2.75) is 38.7 Å². The first-order chi connectivity index (χ1) is 9.26. The Morgan fingerprint density at radius 1 is 1.45 bits per heavy atom. The van der Waals surface area contributed by atoms with Gasteiger partial charge in [-0.3, -0.25) is 0 Å². The smallest absolute Gasteiger partial charge is 0.410 e. The highest BCUT2D eigenvalue weighted by atomic mass is 19.1. The maximum atomic E-state index is 13.2. The van der Waals surface area contributed by atoms with E-state index in [1.54, 1.807) is 17.0 Å². The van der Waals surface area contributed by atoms with Gasteiger partial charge in [-0.1, -0.05) is 6.07 Å². The largest absolute Gasteiger partial charge is 0.444 e. The molecule has 1 aromatic carbocycles. The van der Waals surface area contributed by atoms with Gasteiger partial charge in [0.05, 0.1) is 5.69 Å². The van der Waals surface area contributed by atoms with E-state index in [4.69, 9.17) is 10.5 Å². The number of nitrogens with two attached hydrogens (primary N) is 1. The summed E-state index contributed by atoms with van der Waals surface area (Å²) < 4.78 is 18.5. The first kappa shape index (κ1) is 14.6. The monoisotopic (exact) mass is 280 g/mol. The van der Waals surface area contributed by atoms with E-state index in [0.29, 0.717) is 13.1 Å². The quantitative estimate of drug-likeness (QED) is 0.804. The number of nitrogens with zero attached hydrogens (tertiary/aromatic N) is 1. The van der Waals surface area contributed by atoms with Crippen molar-refractivity contribution in [2.24, 2.45) is 0 Å². The van der Waals surface area contributed by atoms with Gasteiger partial charge in [-0.2, -0.15) is 0 Å². The molecule has 4 nitrogen and oxygen atoms in total. The lowest BCUT2D eigenvalue weighted by atomic mass is 9.98. The first-order valence-electron chi connectivity index (χ1n) is 6.79. The van der Waals surface area contributed by atoms with Gasteiger partial charge in [0, 0.05) is 19.0 Å². The molecule has 0 aliphatic carbocycles. The van der Waals surface area contributed by atoms with Crippen molar-refractivity contribution in [1.29, 1.82) is 0 Å². The van der Waals surface area contributed by atoms with Crippen molar-refractivity contribution >= 4 is 11.8 Å². The van der Waals surface area contributed by atoms with Crippen LogP contribution in [-0.2, 0) is 4.74 Å². The SMILES string of the molecule is CC(C)(C)OC(=O)N1CCC(c2ccc(F)c(N)c2)C1. The third-order valence-electron chi connectivity index (χ3n) is 3.33. The first-order valence-corrected chi connectivity index (χ1v) is 6.79.